The third kappa shape index (κ3) is 5.56. The summed E-state index contributed by atoms with van der Waals surface area (Å²) in [6.07, 6.45) is 2.57. The van der Waals surface area contributed by atoms with Crippen molar-refractivity contribution in [1.29, 1.82) is 0 Å². The average Bonchev–Trinajstić information content (AvgIpc) is 3.31. The molecule has 2 fully saturated rings. The van der Waals surface area contributed by atoms with Gasteiger partial charge in [-0.25, -0.2) is 4.99 Å². The van der Waals surface area contributed by atoms with E-state index in [1.54, 1.807) is 7.11 Å². The predicted octanol–water partition coefficient (Wildman–Crippen LogP) is 3.81. The summed E-state index contributed by atoms with van der Waals surface area (Å²) in [7, 11) is 1.70. The van der Waals surface area contributed by atoms with Crippen LogP contribution in [0.4, 0.5) is 0 Å². The zero-order valence-electron chi connectivity index (χ0n) is 17.8. The lowest BCUT2D eigenvalue weighted by molar-refractivity contribution is -0.0817. The van der Waals surface area contributed by atoms with Crippen LogP contribution in [0.3, 0.4) is 0 Å². The van der Waals surface area contributed by atoms with Crippen LogP contribution in [0.1, 0.15) is 25.3 Å². The van der Waals surface area contributed by atoms with Crippen LogP contribution < -0.4 is 10.1 Å². The van der Waals surface area contributed by atoms with Gasteiger partial charge in [0.25, 0.3) is 0 Å². The molecule has 0 spiro atoms. The summed E-state index contributed by atoms with van der Waals surface area (Å²) >= 11 is 0. The quantitative estimate of drug-likeness (QED) is 0.366. The number of hydrogen-bond donors (Lipinski definition) is 1. The highest BCUT2D eigenvalue weighted by Gasteiger charge is 2.32. The maximum atomic E-state index is 5.99. The summed E-state index contributed by atoms with van der Waals surface area (Å²) in [6.45, 7) is 6.85. The summed E-state index contributed by atoms with van der Waals surface area (Å²) in [4.78, 5) is 7.23. The van der Waals surface area contributed by atoms with Gasteiger partial charge in [-0.3, -0.25) is 0 Å². The van der Waals surface area contributed by atoms with E-state index in [0.29, 0.717) is 13.2 Å². The van der Waals surface area contributed by atoms with Gasteiger partial charge in [-0.15, -0.1) is 24.0 Å². The van der Waals surface area contributed by atoms with Gasteiger partial charge >= 0.3 is 0 Å². The minimum absolute atomic E-state index is 0. The van der Waals surface area contributed by atoms with Crippen molar-refractivity contribution in [1.82, 2.24) is 10.2 Å². The summed E-state index contributed by atoms with van der Waals surface area (Å²) in [6, 6.07) is 12.6. The van der Waals surface area contributed by atoms with Crippen molar-refractivity contribution < 1.29 is 14.2 Å². The normalized spacial score (nSPS) is 22.1. The first-order chi connectivity index (χ1) is 14.3. The second kappa shape index (κ2) is 11.2. The van der Waals surface area contributed by atoms with E-state index in [2.05, 4.69) is 47.5 Å². The molecule has 0 amide bonds. The number of halogens is 1. The zero-order chi connectivity index (χ0) is 20.1. The predicted molar refractivity (Wildman–Crippen MR) is 131 cm³/mol. The summed E-state index contributed by atoms with van der Waals surface area (Å²) in [5.41, 5.74) is 1.20. The van der Waals surface area contributed by atoms with Crippen LogP contribution in [0.15, 0.2) is 41.4 Å². The summed E-state index contributed by atoms with van der Waals surface area (Å²) in [5.74, 6) is 1.83. The number of nitrogens with zero attached hydrogens (tertiary/aromatic N) is 2. The van der Waals surface area contributed by atoms with E-state index in [9.17, 15) is 0 Å². The molecule has 6 nitrogen and oxygen atoms in total. The van der Waals surface area contributed by atoms with Gasteiger partial charge in [-0.1, -0.05) is 18.2 Å². The van der Waals surface area contributed by atoms with Gasteiger partial charge in [0.2, 0.25) is 0 Å². The number of hydrogen-bond acceptors (Lipinski definition) is 4. The number of ether oxygens (including phenoxy) is 3. The van der Waals surface area contributed by atoms with E-state index in [-0.39, 0.29) is 36.2 Å². The van der Waals surface area contributed by atoms with Crippen LogP contribution in [0.2, 0.25) is 0 Å². The minimum Gasteiger partial charge on any atom is -0.497 e. The van der Waals surface area contributed by atoms with E-state index in [1.165, 1.54) is 16.3 Å². The molecule has 0 bridgehead atoms. The molecule has 0 saturated carbocycles. The number of rotatable bonds is 5. The van der Waals surface area contributed by atoms with Crippen molar-refractivity contribution in [2.45, 2.75) is 38.5 Å². The van der Waals surface area contributed by atoms with Crippen molar-refractivity contribution in [3.8, 4) is 5.75 Å². The van der Waals surface area contributed by atoms with Crippen molar-refractivity contribution in [2.75, 3.05) is 40.0 Å². The second-order valence-electron chi connectivity index (χ2n) is 7.62. The van der Waals surface area contributed by atoms with E-state index in [0.717, 1.165) is 50.8 Å². The lowest BCUT2D eigenvalue weighted by Crippen LogP contribution is -2.53. The van der Waals surface area contributed by atoms with Crippen LogP contribution in [0.5, 0.6) is 5.75 Å². The molecule has 4 rings (SSSR count). The number of guanidine groups is 1. The molecule has 1 N–H and O–H groups in total. The Bertz CT molecular complexity index is 855. The standard InChI is InChI=1S/C23H31N3O3.HI/c1-3-24-23(26-10-12-29-22(16-26)21-5-4-11-28-21)25-15-17-6-7-19-14-20(27-2)9-8-18(19)13-17;/h6-9,13-14,21-22H,3-5,10-12,15-16H2,1-2H3,(H,24,25);1H. The maximum Gasteiger partial charge on any atom is 0.194 e. The van der Waals surface area contributed by atoms with Gasteiger partial charge in [0, 0.05) is 26.2 Å². The third-order valence-electron chi connectivity index (χ3n) is 5.63. The summed E-state index contributed by atoms with van der Waals surface area (Å²) in [5, 5.41) is 5.83. The molecule has 2 unspecified atom stereocenters. The lowest BCUT2D eigenvalue weighted by Gasteiger charge is -2.37. The van der Waals surface area contributed by atoms with Gasteiger partial charge < -0.3 is 24.4 Å². The number of nitrogens with one attached hydrogen (secondary N) is 1. The molecule has 2 atom stereocenters. The van der Waals surface area contributed by atoms with Crippen LogP contribution in [-0.4, -0.2) is 63.0 Å². The molecule has 7 heteroatoms. The van der Waals surface area contributed by atoms with Crippen molar-refractivity contribution in [3.63, 3.8) is 0 Å². The van der Waals surface area contributed by atoms with Crippen molar-refractivity contribution >= 4 is 40.7 Å². The van der Waals surface area contributed by atoms with Crippen LogP contribution in [-0.2, 0) is 16.0 Å². The highest BCUT2D eigenvalue weighted by atomic mass is 127. The average molecular weight is 525 g/mol. The first kappa shape index (κ1) is 23.1. The topological polar surface area (TPSA) is 55.3 Å². The lowest BCUT2D eigenvalue weighted by atomic mass is 10.1. The molecule has 2 saturated heterocycles. The van der Waals surface area contributed by atoms with Gasteiger partial charge in [-0.2, -0.15) is 0 Å². The molecule has 0 radical (unpaired) electrons. The number of aliphatic imine (C=N–C) groups is 1. The number of benzene rings is 2. The molecule has 2 aliphatic heterocycles. The Morgan fingerprint density at radius 1 is 1.13 bits per heavy atom. The van der Waals surface area contributed by atoms with Crippen LogP contribution in [0, 0.1) is 0 Å². The second-order valence-corrected chi connectivity index (χ2v) is 7.62. The van der Waals surface area contributed by atoms with Gasteiger partial charge in [0.15, 0.2) is 5.96 Å². The smallest absolute Gasteiger partial charge is 0.194 e. The largest absolute Gasteiger partial charge is 0.497 e. The van der Waals surface area contributed by atoms with Crippen LogP contribution in [0.25, 0.3) is 10.8 Å². The molecule has 2 aromatic rings. The monoisotopic (exact) mass is 525 g/mol. The van der Waals surface area contributed by atoms with E-state index in [4.69, 9.17) is 19.2 Å². The fourth-order valence-electron chi connectivity index (χ4n) is 4.08. The Morgan fingerprint density at radius 2 is 1.93 bits per heavy atom. The first-order valence-electron chi connectivity index (χ1n) is 10.6. The van der Waals surface area contributed by atoms with Gasteiger partial charge in [0.05, 0.1) is 26.4 Å². The SMILES string of the molecule is CCNC(=NCc1ccc2cc(OC)ccc2c1)N1CCOC(C2CCCO2)C1.I. The molecule has 2 aromatic carbocycles. The molecule has 164 valence electrons. The van der Waals surface area contributed by atoms with Gasteiger partial charge in [0.1, 0.15) is 11.9 Å². The molecule has 30 heavy (non-hydrogen) atoms. The highest BCUT2D eigenvalue weighted by Crippen LogP contribution is 2.23. The van der Waals surface area contributed by atoms with Crippen LogP contribution >= 0.6 is 24.0 Å². The third-order valence-corrected chi connectivity index (χ3v) is 5.63. The Balaban J connectivity index is 0.00000256. The number of morpholine rings is 1. The minimum atomic E-state index is 0. The number of fused-ring (bicyclic) bond motifs is 1. The van der Waals surface area contributed by atoms with Gasteiger partial charge in [-0.05, 0) is 54.3 Å². The Hall–Kier alpha value is -1.58. The maximum absolute atomic E-state index is 5.99. The Morgan fingerprint density at radius 3 is 2.70 bits per heavy atom. The van der Waals surface area contributed by atoms with Crippen molar-refractivity contribution in [3.05, 3.63) is 42.0 Å². The molecule has 0 aliphatic carbocycles. The fraction of sp³-hybridized carbons (Fsp3) is 0.522. The van der Waals surface area contributed by atoms with E-state index in [1.807, 2.05) is 6.07 Å². The summed E-state index contributed by atoms with van der Waals surface area (Å²) < 4.78 is 17.2. The molecule has 2 heterocycles. The molecule has 0 aromatic heterocycles. The Labute approximate surface area is 196 Å². The molecular formula is C23H32IN3O3. The van der Waals surface area contributed by atoms with E-state index >= 15 is 0 Å². The molecule has 2 aliphatic rings. The fourth-order valence-corrected chi connectivity index (χ4v) is 4.08. The highest BCUT2D eigenvalue weighted by molar-refractivity contribution is 14.0. The zero-order valence-corrected chi connectivity index (χ0v) is 20.1. The van der Waals surface area contributed by atoms with E-state index < -0.39 is 0 Å². The molecular weight excluding hydrogens is 493 g/mol. The number of methoxy groups -OCH3 is 1. The Kier molecular flexibility index (Phi) is 8.59. The van der Waals surface area contributed by atoms with Crippen molar-refractivity contribution in [2.24, 2.45) is 4.99 Å². The first-order valence-corrected chi connectivity index (χ1v) is 10.6.